The van der Waals surface area contributed by atoms with Crippen LogP contribution in [0.1, 0.15) is 23.2 Å². The average molecular weight is 381 g/mol. The number of aromatic nitrogens is 2. The van der Waals surface area contributed by atoms with Gasteiger partial charge in [-0.25, -0.2) is 9.78 Å². The zero-order valence-corrected chi connectivity index (χ0v) is 15.7. The largest absolute Gasteiger partial charge is 0.465 e. The van der Waals surface area contributed by atoms with Gasteiger partial charge in [-0.2, -0.15) is 0 Å². The third kappa shape index (κ3) is 4.34. The number of fused-ring (bicyclic) bond motifs is 3. The van der Waals surface area contributed by atoms with Gasteiger partial charge in [0.05, 0.1) is 18.2 Å². The van der Waals surface area contributed by atoms with E-state index in [1.54, 1.807) is 24.5 Å². The van der Waals surface area contributed by atoms with E-state index in [2.05, 4.69) is 20.6 Å². The van der Waals surface area contributed by atoms with Crippen LogP contribution in [0.2, 0.25) is 0 Å². The van der Waals surface area contributed by atoms with E-state index >= 15 is 0 Å². The van der Waals surface area contributed by atoms with Gasteiger partial charge in [-0.1, -0.05) is 6.07 Å². The van der Waals surface area contributed by atoms with Crippen LogP contribution >= 0.6 is 0 Å². The van der Waals surface area contributed by atoms with E-state index in [1.807, 2.05) is 12.1 Å². The van der Waals surface area contributed by atoms with Gasteiger partial charge in [0, 0.05) is 48.1 Å². The lowest BCUT2D eigenvalue weighted by molar-refractivity contribution is -0.120. The van der Waals surface area contributed by atoms with Gasteiger partial charge in [0.15, 0.2) is 0 Å². The van der Waals surface area contributed by atoms with Crippen LogP contribution in [-0.4, -0.2) is 48.6 Å². The van der Waals surface area contributed by atoms with Crippen LogP contribution in [0.5, 0.6) is 0 Å². The zero-order chi connectivity index (χ0) is 19.9. The molecule has 0 bridgehead atoms. The van der Waals surface area contributed by atoms with Gasteiger partial charge in [-0.05, 0) is 31.2 Å². The van der Waals surface area contributed by atoms with Crippen LogP contribution in [-0.2, 0) is 9.53 Å². The Morgan fingerprint density at radius 1 is 1.14 bits per heavy atom. The normalized spacial score (nSPS) is 10.8. The molecule has 0 fully saturated rings. The predicted octanol–water partition coefficient (Wildman–Crippen LogP) is 1.84. The lowest BCUT2D eigenvalue weighted by atomic mass is 10.1. The summed E-state index contributed by atoms with van der Waals surface area (Å²) in [4.78, 5) is 32.6. The molecule has 4 N–H and O–H groups in total. The second-order valence-corrected chi connectivity index (χ2v) is 6.27. The molecule has 1 aromatic carbocycles. The minimum atomic E-state index is -0.418. The van der Waals surface area contributed by atoms with Crippen LogP contribution in [0.4, 0.5) is 5.82 Å². The molecule has 0 aliphatic rings. The molecule has 0 saturated heterocycles. The van der Waals surface area contributed by atoms with Crippen LogP contribution in [0.15, 0.2) is 36.7 Å². The summed E-state index contributed by atoms with van der Waals surface area (Å²) in [5, 5.41) is 8.75. The van der Waals surface area contributed by atoms with Crippen LogP contribution in [0.25, 0.3) is 21.7 Å². The molecule has 3 aromatic rings. The molecule has 3 rings (SSSR count). The Bertz CT molecular complexity index is 1010. The first-order chi connectivity index (χ1) is 13.6. The highest BCUT2D eigenvalue weighted by molar-refractivity contribution is 6.10. The summed E-state index contributed by atoms with van der Waals surface area (Å²) in [5.41, 5.74) is 6.50. The second-order valence-electron chi connectivity index (χ2n) is 6.27. The molecule has 2 aromatic heterocycles. The standard InChI is InChI=1S/C20H23N5O3/c1-28-20(27)13-3-4-14-16-12-22-9-5-15(16)19(25-17(14)11-13)24-10-6-18(26)23-8-2-7-21/h3-5,9,11-12H,2,6-8,10,21H2,1H3,(H,23,26)(H,24,25). The molecule has 0 unspecified atom stereocenters. The SMILES string of the molecule is COC(=O)c1ccc2c(c1)nc(NCCC(=O)NCCCN)c1ccncc12. The number of rotatable bonds is 8. The van der Waals surface area contributed by atoms with Gasteiger partial charge in [0.1, 0.15) is 5.82 Å². The fraction of sp³-hybridized carbons (Fsp3) is 0.300. The first-order valence-electron chi connectivity index (χ1n) is 9.10. The van der Waals surface area contributed by atoms with Crippen molar-refractivity contribution in [3.63, 3.8) is 0 Å². The highest BCUT2D eigenvalue weighted by atomic mass is 16.5. The summed E-state index contributed by atoms with van der Waals surface area (Å²) in [7, 11) is 1.34. The van der Waals surface area contributed by atoms with E-state index in [0.29, 0.717) is 43.0 Å². The molecule has 28 heavy (non-hydrogen) atoms. The Morgan fingerprint density at radius 2 is 2.00 bits per heavy atom. The highest BCUT2D eigenvalue weighted by Crippen LogP contribution is 2.29. The number of pyridine rings is 2. The number of benzene rings is 1. The summed E-state index contributed by atoms with van der Waals surface area (Å²) in [6, 6.07) is 7.12. The molecular formula is C20H23N5O3. The summed E-state index contributed by atoms with van der Waals surface area (Å²) >= 11 is 0. The van der Waals surface area contributed by atoms with Gasteiger partial charge in [-0.15, -0.1) is 0 Å². The second kappa shape index (κ2) is 9.09. The van der Waals surface area contributed by atoms with Crippen LogP contribution < -0.4 is 16.4 Å². The Morgan fingerprint density at radius 3 is 2.79 bits per heavy atom. The number of carbonyl (C=O) groups is 2. The van der Waals surface area contributed by atoms with Crippen molar-refractivity contribution in [2.45, 2.75) is 12.8 Å². The van der Waals surface area contributed by atoms with Crippen molar-refractivity contribution in [3.05, 3.63) is 42.2 Å². The first kappa shape index (κ1) is 19.5. The van der Waals surface area contributed by atoms with E-state index in [1.165, 1.54) is 7.11 Å². The van der Waals surface area contributed by atoms with Crippen molar-refractivity contribution in [1.29, 1.82) is 0 Å². The van der Waals surface area contributed by atoms with Gasteiger partial charge in [0.2, 0.25) is 5.91 Å². The van der Waals surface area contributed by atoms with Crippen LogP contribution in [0.3, 0.4) is 0 Å². The number of nitrogens with two attached hydrogens (primary N) is 1. The molecule has 8 heteroatoms. The Labute approximate surface area is 162 Å². The number of hydrogen-bond acceptors (Lipinski definition) is 7. The molecule has 0 spiro atoms. The molecule has 0 saturated carbocycles. The van der Waals surface area contributed by atoms with Crippen molar-refractivity contribution in [1.82, 2.24) is 15.3 Å². The average Bonchev–Trinajstić information content (AvgIpc) is 2.73. The zero-order valence-electron chi connectivity index (χ0n) is 15.7. The third-order valence-corrected chi connectivity index (χ3v) is 4.37. The van der Waals surface area contributed by atoms with Crippen molar-refractivity contribution in [2.24, 2.45) is 5.73 Å². The molecular weight excluding hydrogens is 358 g/mol. The topological polar surface area (TPSA) is 119 Å². The number of amides is 1. The van der Waals surface area contributed by atoms with E-state index in [-0.39, 0.29) is 5.91 Å². The number of methoxy groups -OCH3 is 1. The molecule has 1 amide bonds. The number of hydrogen-bond donors (Lipinski definition) is 3. The van der Waals surface area contributed by atoms with Crippen molar-refractivity contribution in [2.75, 3.05) is 32.1 Å². The lowest BCUT2D eigenvalue weighted by Crippen LogP contribution is -2.27. The molecule has 0 atom stereocenters. The Hall–Kier alpha value is -3.26. The summed E-state index contributed by atoms with van der Waals surface area (Å²) in [6.45, 7) is 1.56. The van der Waals surface area contributed by atoms with Crippen LogP contribution in [0, 0.1) is 0 Å². The minimum Gasteiger partial charge on any atom is -0.465 e. The lowest BCUT2D eigenvalue weighted by Gasteiger charge is -2.12. The van der Waals surface area contributed by atoms with Gasteiger partial charge in [0.25, 0.3) is 0 Å². The highest BCUT2D eigenvalue weighted by Gasteiger charge is 2.12. The van der Waals surface area contributed by atoms with E-state index < -0.39 is 5.97 Å². The number of anilines is 1. The molecule has 0 aliphatic heterocycles. The van der Waals surface area contributed by atoms with Crippen molar-refractivity contribution in [3.8, 4) is 0 Å². The third-order valence-electron chi connectivity index (χ3n) is 4.37. The van der Waals surface area contributed by atoms with E-state index in [0.717, 1.165) is 22.6 Å². The van der Waals surface area contributed by atoms with E-state index in [4.69, 9.17) is 10.5 Å². The predicted molar refractivity (Wildman–Crippen MR) is 108 cm³/mol. The molecule has 2 heterocycles. The number of nitrogens with one attached hydrogen (secondary N) is 2. The molecule has 146 valence electrons. The number of nitrogens with zero attached hydrogens (tertiary/aromatic N) is 2. The van der Waals surface area contributed by atoms with E-state index in [9.17, 15) is 9.59 Å². The number of esters is 1. The van der Waals surface area contributed by atoms with Gasteiger partial charge < -0.3 is 21.1 Å². The maximum absolute atomic E-state index is 11.9. The number of carbonyl (C=O) groups excluding carboxylic acids is 2. The summed E-state index contributed by atoms with van der Waals surface area (Å²) in [5.74, 6) is 0.181. The summed E-state index contributed by atoms with van der Waals surface area (Å²) in [6.07, 6.45) is 4.54. The fourth-order valence-corrected chi connectivity index (χ4v) is 2.94. The molecule has 8 nitrogen and oxygen atoms in total. The molecule has 0 radical (unpaired) electrons. The van der Waals surface area contributed by atoms with Crippen molar-refractivity contribution >= 4 is 39.4 Å². The van der Waals surface area contributed by atoms with Crippen molar-refractivity contribution < 1.29 is 14.3 Å². The van der Waals surface area contributed by atoms with Gasteiger partial charge in [-0.3, -0.25) is 9.78 Å². The minimum absolute atomic E-state index is 0.0410. The van der Waals surface area contributed by atoms with Gasteiger partial charge >= 0.3 is 5.97 Å². The Kier molecular flexibility index (Phi) is 6.33. The monoisotopic (exact) mass is 381 g/mol. The number of ether oxygens (including phenoxy) is 1. The summed E-state index contributed by atoms with van der Waals surface area (Å²) < 4.78 is 4.79. The Balaban J connectivity index is 1.85. The smallest absolute Gasteiger partial charge is 0.337 e. The quantitative estimate of drug-likeness (QED) is 0.309. The first-order valence-corrected chi connectivity index (χ1v) is 9.10. The maximum Gasteiger partial charge on any atom is 0.337 e. The fourth-order valence-electron chi connectivity index (χ4n) is 2.94. The maximum atomic E-state index is 11.9. The molecule has 0 aliphatic carbocycles.